The predicted molar refractivity (Wildman–Crippen MR) is 84.3 cm³/mol. The van der Waals surface area contributed by atoms with Crippen LogP contribution in [-0.2, 0) is 14.6 Å². The lowest BCUT2D eigenvalue weighted by Gasteiger charge is -2.28. The van der Waals surface area contributed by atoms with E-state index in [4.69, 9.17) is 4.74 Å². The lowest BCUT2D eigenvalue weighted by molar-refractivity contribution is -0.135. The lowest BCUT2D eigenvalue weighted by Crippen LogP contribution is -2.45. The number of ether oxygens (including phenoxy) is 1. The fourth-order valence-corrected chi connectivity index (χ4v) is 4.69. The Morgan fingerprint density at radius 1 is 1.22 bits per heavy atom. The first kappa shape index (κ1) is 16.0. The van der Waals surface area contributed by atoms with Gasteiger partial charge in [0, 0.05) is 12.1 Å². The molecule has 0 unspecified atom stereocenters. The van der Waals surface area contributed by atoms with Gasteiger partial charge in [0.05, 0.1) is 17.1 Å². The lowest BCUT2D eigenvalue weighted by atomic mass is 10.2. The summed E-state index contributed by atoms with van der Waals surface area (Å²) in [6.45, 7) is -0.183. The molecule has 1 aromatic rings. The maximum Gasteiger partial charge on any atom is 0.261 e. The number of aldehydes is 1. The molecule has 1 saturated heterocycles. The van der Waals surface area contributed by atoms with E-state index in [1.165, 1.54) is 0 Å². The number of benzene rings is 1. The van der Waals surface area contributed by atoms with E-state index >= 15 is 0 Å². The number of hydrogen-bond acceptors (Lipinski definition) is 5. The van der Waals surface area contributed by atoms with Crippen molar-refractivity contribution >= 4 is 22.0 Å². The third kappa shape index (κ3) is 3.72. The zero-order valence-electron chi connectivity index (χ0n) is 12.7. The molecule has 7 heteroatoms. The molecule has 1 aliphatic heterocycles. The van der Waals surface area contributed by atoms with E-state index in [0.29, 0.717) is 24.0 Å². The first-order valence-electron chi connectivity index (χ1n) is 7.69. The van der Waals surface area contributed by atoms with E-state index in [1.54, 1.807) is 29.2 Å². The smallest absolute Gasteiger partial charge is 0.261 e. The molecule has 1 amide bonds. The van der Waals surface area contributed by atoms with Gasteiger partial charge in [0.1, 0.15) is 5.75 Å². The summed E-state index contributed by atoms with van der Waals surface area (Å²) >= 11 is 0. The summed E-state index contributed by atoms with van der Waals surface area (Å²) in [5.41, 5.74) is 0.390. The second-order valence-corrected chi connectivity index (χ2v) is 8.26. The highest BCUT2D eigenvalue weighted by molar-refractivity contribution is 7.91. The van der Waals surface area contributed by atoms with E-state index in [1.807, 2.05) is 0 Å². The number of sulfone groups is 1. The third-order valence-electron chi connectivity index (χ3n) is 4.23. The van der Waals surface area contributed by atoms with E-state index in [-0.39, 0.29) is 36.1 Å². The molecule has 6 nitrogen and oxygen atoms in total. The van der Waals surface area contributed by atoms with Gasteiger partial charge in [-0.2, -0.15) is 0 Å². The number of carbonyl (C=O) groups excluding carboxylic acids is 2. The van der Waals surface area contributed by atoms with Gasteiger partial charge in [-0.25, -0.2) is 8.42 Å². The van der Waals surface area contributed by atoms with Crippen LogP contribution in [0, 0.1) is 0 Å². The fourth-order valence-electron chi connectivity index (χ4n) is 2.98. The van der Waals surface area contributed by atoms with Crippen LogP contribution in [0.3, 0.4) is 0 Å². The molecule has 23 heavy (non-hydrogen) atoms. The molecule has 2 aliphatic rings. The first-order chi connectivity index (χ1) is 11.0. The van der Waals surface area contributed by atoms with Crippen LogP contribution in [0.25, 0.3) is 0 Å². The molecule has 1 aliphatic carbocycles. The zero-order chi connectivity index (χ0) is 16.4. The Labute approximate surface area is 135 Å². The zero-order valence-corrected chi connectivity index (χ0v) is 13.5. The number of para-hydroxylation sites is 1. The summed E-state index contributed by atoms with van der Waals surface area (Å²) in [5.74, 6) is 0.337. The molecule has 1 heterocycles. The van der Waals surface area contributed by atoms with Crippen molar-refractivity contribution in [1.29, 1.82) is 0 Å². The molecule has 1 atom stereocenters. The van der Waals surface area contributed by atoms with Crippen LogP contribution < -0.4 is 4.74 Å². The monoisotopic (exact) mass is 337 g/mol. The normalized spacial score (nSPS) is 22.5. The van der Waals surface area contributed by atoms with Gasteiger partial charge in [-0.1, -0.05) is 12.1 Å². The minimum Gasteiger partial charge on any atom is -0.483 e. The van der Waals surface area contributed by atoms with Gasteiger partial charge in [0.15, 0.2) is 22.7 Å². The van der Waals surface area contributed by atoms with Crippen LogP contribution in [0.4, 0.5) is 0 Å². The van der Waals surface area contributed by atoms with Crippen LogP contribution in [0.5, 0.6) is 5.75 Å². The number of amides is 1. The van der Waals surface area contributed by atoms with E-state index in [9.17, 15) is 18.0 Å². The number of rotatable bonds is 6. The number of nitrogens with zero attached hydrogens (tertiary/aromatic N) is 1. The molecule has 2 fully saturated rings. The standard InChI is InChI=1S/C16H19NO5S/c18-9-12-3-1-2-4-15(12)22-10-16(19)17(13-5-6-13)14-7-8-23(20,21)11-14/h1-4,9,13-14H,5-8,10-11H2/t14-/m0/s1. The average Bonchev–Trinajstić information content (AvgIpc) is 3.29. The maximum absolute atomic E-state index is 12.5. The van der Waals surface area contributed by atoms with Crippen molar-refractivity contribution in [3.63, 3.8) is 0 Å². The van der Waals surface area contributed by atoms with Crippen molar-refractivity contribution in [2.24, 2.45) is 0 Å². The first-order valence-corrected chi connectivity index (χ1v) is 9.51. The van der Waals surface area contributed by atoms with Crippen LogP contribution in [0.15, 0.2) is 24.3 Å². The Kier molecular flexibility index (Phi) is 4.39. The Morgan fingerprint density at radius 3 is 2.57 bits per heavy atom. The van der Waals surface area contributed by atoms with Crippen LogP contribution >= 0.6 is 0 Å². The molecule has 3 rings (SSSR count). The molecule has 1 saturated carbocycles. The molecular formula is C16H19NO5S. The van der Waals surface area contributed by atoms with E-state index < -0.39 is 9.84 Å². The SMILES string of the molecule is O=Cc1ccccc1OCC(=O)N(C1CC1)[C@H]1CCS(=O)(=O)C1. The van der Waals surface area contributed by atoms with Crippen LogP contribution in [0.2, 0.25) is 0 Å². The van der Waals surface area contributed by atoms with E-state index in [0.717, 1.165) is 12.8 Å². The summed E-state index contributed by atoms with van der Waals surface area (Å²) in [7, 11) is -3.04. The highest BCUT2D eigenvalue weighted by Gasteiger charge is 2.42. The maximum atomic E-state index is 12.5. The van der Waals surface area contributed by atoms with Gasteiger partial charge in [-0.05, 0) is 31.4 Å². The Morgan fingerprint density at radius 2 is 1.96 bits per heavy atom. The molecule has 0 N–H and O–H groups in total. The Balaban J connectivity index is 1.67. The quantitative estimate of drug-likeness (QED) is 0.725. The fraction of sp³-hybridized carbons (Fsp3) is 0.500. The Bertz CT molecular complexity index is 711. The Hall–Kier alpha value is -1.89. The predicted octanol–water partition coefficient (Wildman–Crippen LogP) is 1.06. The highest BCUT2D eigenvalue weighted by Crippen LogP contribution is 2.32. The van der Waals surface area contributed by atoms with E-state index in [2.05, 4.69) is 0 Å². The van der Waals surface area contributed by atoms with Gasteiger partial charge in [-0.3, -0.25) is 9.59 Å². The number of hydrogen-bond donors (Lipinski definition) is 0. The average molecular weight is 337 g/mol. The van der Waals surface area contributed by atoms with Crippen molar-refractivity contribution in [3.05, 3.63) is 29.8 Å². The molecule has 0 aromatic heterocycles. The molecule has 0 bridgehead atoms. The summed E-state index contributed by atoms with van der Waals surface area (Å²) in [6, 6.07) is 6.59. The van der Waals surface area contributed by atoms with Gasteiger partial charge in [0.25, 0.3) is 5.91 Å². The second-order valence-electron chi connectivity index (χ2n) is 6.03. The third-order valence-corrected chi connectivity index (χ3v) is 5.98. The minimum absolute atomic E-state index is 0.0418. The molecular weight excluding hydrogens is 318 g/mol. The minimum atomic E-state index is -3.04. The molecule has 124 valence electrons. The van der Waals surface area contributed by atoms with Crippen LogP contribution in [0.1, 0.15) is 29.6 Å². The van der Waals surface area contributed by atoms with Crippen LogP contribution in [-0.4, -0.2) is 55.7 Å². The van der Waals surface area contributed by atoms with Crippen molar-refractivity contribution < 1.29 is 22.7 Å². The molecule has 1 aromatic carbocycles. The van der Waals surface area contributed by atoms with Crippen molar-refractivity contribution in [3.8, 4) is 5.75 Å². The second kappa shape index (κ2) is 6.31. The van der Waals surface area contributed by atoms with Gasteiger partial charge in [-0.15, -0.1) is 0 Å². The van der Waals surface area contributed by atoms with Gasteiger partial charge >= 0.3 is 0 Å². The topological polar surface area (TPSA) is 80.8 Å². The summed E-state index contributed by atoms with van der Waals surface area (Å²) in [4.78, 5) is 25.2. The molecule has 0 radical (unpaired) electrons. The largest absolute Gasteiger partial charge is 0.483 e. The van der Waals surface area contributed by atoms with Crippen molar-refractivity contribution in [2.75, 3.05) is 18.1 Å². The number of carbonyl (C=O) groups is 2. The highest BCUT2D eigenvalue weighted by atomic mass is 32.2. The van der Waals surface area contributed by atoms with Crippen molar-refractivity contribution in [1.82, 2.24) is 4.90 Å². The molecule has 0 spiro atoms. The van der Waals surface area contributed by atoms with Gasteiger partial charge < -0.3 is 9.64 Å². The van der Waals surface area contributed by atoms with Gasteiger partial charge in [0.2, 0.25) is 0 Å². The van der Waals surface area contributed by atoms with Crippen molar-refractivity contribution in [2.45, 2.75) is 31.3 Å². The summed E-state index contributed by atoms with van der Waals surface area (Å²) in [6.07, 6.45) is 3.00. The summed E-state index contributed by atoms with van der Waals surface area (Å²) in [5, 5.41) is 0. The summed E-state index contributed by atoms with van der Waals surface area (Å²) < 4.78 is 28.8.